The summed E-state index contributed by atoms with van der Waals surface area (Å²) in [6.45, 7) is 0. The van der Waals surface area contributed by atoms with Crippen LogP contribution in [0.15, 0.2) is 186 Å². The van der Waals surface area contributed by atoms with Crippen molar-refractivity contribution in [3.05, 3.63) is 182 Å². The minimum Gasteiger partial charge on any atom is -0.456 e. The molecular formula is C55H30N4OS. The molecule has 14 rings (SSSR count). The van der Waals surface area contributed by atoms with Crippen molar-refractivity contribution in [3.8, 4) is 39.9 Å². The summed E-state index contributed by atoms with van der Waals surface area (Å²) < 4.78 is 11.4. The van der Waals surface area contributed by atoms with E-state index < -0.39 is 0 Å². The Morgan fingerprint density at radius 3 is 1.75 bits per heavy atom. The number of fused-ring (bicyclic) bond motifs is 5. The number of rotatable bonds is 4. The molecule has 0 aliphatic heterocycles. The highest BCUT2D eigenvalue weighted by Gasteiger charge is 2.22. The number of benzene rings is 10. The minimum absolute atomic E-state index is 0.602. The normalized spacial score (nSPS) is 12.3. The van der Waals surface area contributed by atoms with Crippen LogP contribution >= 0.6 is 11.3 Å². The second-order valence-electron chi connectivity index (χ2n) is 15.9. The lowest BCUT2D eigenvalue weighted by atomic mass is 10.00. The van der Waals surface area contributed by atoms with E-state index in [-0.39, 0.29) is 0 Å². The molecule has 4 aromatic heterocycles. The summed E-state index contributed by atoms with van der Waals surface area (Å²) in [6.07, 6.45) is 0. The lowest BCUT2D eigenvalue weighted by Crippen LogP contribution is -2.01. The summed E-state index contributed by atoms with van der Waals surface area (Å²) in [7, 11) is 0. The van der Waals surface area contributed by atoms with Gasteiger partial charge in [-0.2, -0.15) is 0 Å². The van der Waals surface area contributed by atoms with Crippen molar-refractivity contribution in [2.24, 2.45) is 0 Å². The molecule has 282 valence electrons. The second-order valence-corrected chi connectivity index (χ2v) is 17.0. The largest absolute Gasteiger partial charge is 0.456 e. The molecule has 0 aliphatic rings. The van der Waals surface area contributed by atoms with E-state index in [1.807, 2.05) is 41.7 Å². The zero-order valence-corrected chi connectivity index (χ0v) is 33.2. The molecule has 0 saturated carbocycles. The van der Waals surface area contributed by atoms with Crippen LogP contribution in [0, 0.1) is 0 Å². The monoisotopic (exact) mass is 794 g/mol. The van der Waals surface area contributed by atoms with Gasteiger partial charge < -0.3 is 8.98 Å². The fraction of sp³-hybridized carbons (Fsp3) is 0. The van der Waals surface area contributed by atoms with Crippen molar-refractivity contribution in [2.75, 3.05) is 0 Å². The fourth-order valence-corrected chi connectivity index (χ4v) is 11.1. The molecule has 61 heavy (non-hydrogen) atoms. The van der Waals surface area contributed by atoms with Gasteiger partial charge in [0.2, 0.25) is 0 Å². The molecule has 5 nitrogen and oxygen atoms in total. The average Bonchev–Trinajstić information content (AvgIpc) is 3.82. The van der Waals surface area contributed by atoms with Gasteiger partial charge in [-0.3, -0.25) is 0 Å². The van der Waals surface area contributed by atoms with Gasteiger partial charge in [0.15, 0.2) is 17.5 Å². The smallest absolute Gasteiger partial charge is 0.164 e. The molecule has 0 aliphatic carbocycles. The Kier molecular flexibility index (Phi) is 6.65. The Bertz CT molecular complexity index is 4030. The Morgan fingerprint density at radius 2 is 0.951 bits per heavy atom. The fourth-order valence-electron chi connectivity index (χ4n) is 9.88. The molecule has 0 unspecified atom stereocenters. The van der Waals surface area contributed by atoms with Gasteiger partial charge in [-0.05, 0) is 86.9 Å². The third-order valence-corrected chi connectivity index (χ3v) is 13.7. The highest BCUT2D eigenvalue weighted by Crippen LogP contribution is 2.46. The van der Waals surface area contributed by atoms with E-state index in [0.717, 1.165) is 65.9 Å². The summed E-state index contributed by atoms with van der Waals surface area (Å²) >= 11 is 1.89. The lowest BCUT2D eigenvalue weighted by Gasteiger charge is -2.12. The van der Waals surface area contributed by atoms with Gasteiger partial charge in [0, 0.05) is 64.1 Å². The topological polar surface area (TPSA) is 56.7 Å². The van der Waals surface area contributed by atoms with Crippen LogP contribution in [0.3, 0.4) is 0 Å². The number of hydrogen-bond acceptors (Lipinski definition) is 5. The van der Waals surface area contributed by atoms with Gasteiger partial charge in [0.25, 0.3) is 0 Å². The third-order valence-electron chi connectivity index (χ3n) is 12.6. The number of para-hydroxylation sites is 1. The predicted molar refractivity (Wildman–Crippen MR) is 254 cm³/mol. The molecule has 4 heterocycles. The molecular weight excluding hydrogens is 765 g/mol. The van der Waals surface area contributed by atoms with Gasteiger partial charge >= 0.3 is 0 Å². The SMILES string of the molecule is c1ccc2c(-c3nc(-c4ccc5cc(-n6c7ccc8cccc9sc%10cccc%11ccc6c(c%11%10)c7c89)ccc5c4)nc(-c4cccc5oc6ccccc6c45)n3)cccc2c1. The zero-order valence-electron chi connectivity index (χ0n) is 32.4. The van der Waals surface area contributed by atoms with E-state index in [2.05, 4.69) is 156 Å². The van der Waals surface area contributed by atoms with Gasteiger partial charge in [-0.1, -0.05) is 127 Å². The van der Waals surface area contributed by atoms with E-state index in [1.165, 1.54) is 52.8 Å². The highest BCUT2D eigenvalue weighted by atomic mass is 32.1. The van der Waals surface area contributed by atoms with Crippen LogP contribution in [0.4, 0.5) is 0 Å². The first-order valence-electron chi connectivity index (χ1n) is 20.5. The van der Waals surface area contributed by atoms with E-state index in [4.69, 9.17) is 19.4 Å². The number of hydrogen-bond donors (Lipinski definition) is 0. The Morgan fingerprint density at radius 1 is 0.377 bits per heavy atom. The molecule has 0 N–H and O–H groups in total. The number of furan rings is 1. The van der Waals surface area contributed by atoms with E-state index >= 15 is 0 Å². The zero-order chi connectivity index (χ0) is 39.8. The highest BCUT2D eigenvalue weighted by molar-refractivity contribution is 7.24. The van der Waals surface area contributed by atoms with E-state index in [9.17, 15) is 0 Å². The van der Waals surface area contributed by atoms with E-state index in [1.54, 1.807) is 0 Å². The van der Waals surface area contributed by atoms with Gasteiger partial charge in [-0.25, -0.2) is 15.0 Å². The molecule has 10 aromatic carbocycles. The van der Waals surface area contributed by atoms with Crippen LogP contribution < -0.4 is 0 Å². The van der Waals surface area contributed by atoms with E-state index in [0.29, 0.717) is 17.5 Å². The molecule has 0 amide bonds. The van der Waals surface area contributed by atoms with Gasteiger partial charge in [-0.15, -0.1) is 11.3 Å². The number of aromatic nitrogens is 4. The summed E-state index contributed by atoms with van der Waals surface area (Å²) in [5.74, 6) is 1.84. The lowest BCUT2D eigenvalue weighted by molar-refractivity contribution is 0.669. The van der Waals surface area contributed by atoms with Gasteiger partial charge in [0.05, 0.1) is 11.0 Å². The Labute approximate surface area is 351 Å². The molecule has 14 aromatic rings. The molecule has 0 atom stereocenters. The first-order valence-corrected chi connectivity index (χ1v) is 21.3. The second kappa shape index (κ2) is 12.3. The summed E-state index contributed by atoms with van der Waals surface area (Å²) in [4.78, 5) is 15.7. The van der Waals surface area contributed by atoms with Crippen molar-refractivity contribution in [2.45, 2.75) is 0 Å². The predicted octanol–water partition coefficient (Wildman–Crippen LogP) is 15.1. The first-order chi connectivity index (χ1) is 30.2. The van der Waals surface area contributed by atoms with Crippen molar-refractivity contribution in [1.82, 2.24) is 19.5 Å². The molecule has 0 bridgehead atoms. The maximum Gasteiger partial charge on any atom is 0.164 e. The van der Waals surface area contributed by atoms with Crippen LogP contribution in [0.5, 0.6) is 0 Å². The molecule has 0 radical (unpaired) electrons. The molecule has 0 saturated heterocycles. The summed E-state index contributed by atoms with van der Waals surface area (Å²) in [6, 6.07) is 64.9. The third kappa shape index (κ3) is 4.73. The maximum atomic E-state index is 6.31. The summed E-state index contributed by atoms with van der Waals surface area (Å²) in [5.41, 5.74) is 7.98. The summed E-state index contributed by atoms with van der Waals surface area (Å²) in [5, 5.41) is 14.4. The average molecular weight is 795 g/mol. The van der Waals surface area contributed by atoms with Crippen LogP contribution in [0.1, 0.15) is 0 Å². The van der Waals surface area contributed by atoms with Crippen LogP contribution in [-0.4, -0.2) is 19.5 Å². The van der Waals surface area contributed by atoms with Gasteiger partial charge in [0.1, 0.15) is 11.2 Å². The van der Waals surface area contributed by atoms with Crippen molar-refractivity contribution in [3.63, 3.8) is 0 Å². The number of nitrogens with zero attached hydrogens (tertiary/aromatic N) is 4. The molecule has 0 fully saturated rings. The minimum atomic E-state index is 0.602. The maximum absolute atomic E-state index is 6.31. The van der Waals surface area contributed by atoms with Crippen LogP contribution in [-0.2, 0) is 0 Å². The Balaban J connectivity index is 0.969. The van der Waals surface area contributed by atoms with Crippen LogP contribution in [0.25, 0.3) is 136 Å². The first kappa shape index (κ1) is 33.0. The quantitative estimate of drug-likeness (QED) is 0.178. The van der Waals surface area contributed by atoms with Crippen molar-refractivity contribution in [1.29, 1.82) is 0 Å². The Hall–Kier alpha value is -7.93. The van der Waals surface area contributed by atoms with Crippen LogP contribution in [0.2, 0.25) is 0 Å². The van der Waals surface area contributed by atoms with Crippen molar-refractivity contribution < 1.29 is 4.42 Å². The molecule has 0 spiro atoms. The standard InChI is InChI=1S/C55H30N4OS/c1-2-13-38-31(9-1)10-5-15-39(38)54-56-53(57-55(58-54)41-16-8-18-45-50(41)40-14-3-4-17-44(40)60-45)36-22-21-35-30-37(26-23-34(35)29-36)59-42-27-24-32-11-6-19-46-48(32)51(42)52-43(59)28-25-33-12-7-20-47(61-46)49(33)52/h1-30H. The molecule has 6 heteroatoms. The van der Waals surface area contributed by atoms with Crippen molar-refractivity contribution >= 4 is 108 Å².